The lowest BCUT2D eigenvalue weighted by molar-refractivity contribution is 0.203. The molecular weight excluding hydrogens is 280 g/mol. The number of pyridine rings is 1. The topological polar surface area (TPSA) is 76.4 Å². The summed E-state index contributed by atoms with van der Waals surface area (Å²) >= 11 is 0. The zero-order valence-electron chi connectivity index (χ0n) is 13.0. The third kappa shape index (κ3) is 4.85. The van der Waals surface area contributed by atoms with Crippen LogP contribution in [0.15, 0.2) is 42.0 Å². The maximum atomic E-state index is 5.02. The highest BCUT2D eigenvalue weighted by molar-refractivity contribution is 5.79. The number of nitrogens with one attached hydrogen (secondary N) is 2. The van der Waals surface area contributed by atoms with Crippen LogP contribution in [-0.4, -0.2) is 47.3 Å². The predicted molar refractivity (Wildman–Crippen MR) is 86.1 cm³/mol. The molecule has 0 atom stereocenters. The average Bonchev–Trinajstić information content (AvgIpc) is 3.08. The Morgan fingerprint density at radius 3 is 2.91 bits per heavy atom. The standard InChI is InChI=1S/C15H22N6O/c1-3-17-15(18-7-9-22-2)20-11-13-4-5-14(19-10-13)21-8-6-16-12-21/h4-6,8,10,12H,3,7,9,11H2,1-2H3,(H2,17,18,20). The minimum absolute atomic E-state index is 0.569. The Morgan fingerprint density at radius 2 is 2.27 bits per heavy atom. The first-order valence-corrected chi connectivity index (χ1v) is 7.28. The maximum Gasteiger partial charge on any atom is 0.191 e. The third-order valence-corrected chi connectivity index (χ3v) is 2.94. The maximum absolute atomic E-state index is 5.02. The fourth-order valence-corrected chi connectivity index (χ4v) is 1.84. The Morgan fingerprint density at radius 1 is 1.36 bits per heavy atom. The van der Waals surface area contributed by atoms with Gasteiger partial charge < -0.3 is 15.4 Å². The van der Waals surface area contributed by atoms with Crippen molar-refractivity contribution in [2.75, 3.05) is 26.8 Å². The van der Waals surface area contributed by atoms with Crippen LogP contribution in [0.2, 0.25) is 0 Å². The number of hydrogen-bond donors (Lipinski definition) is 2. The zero-order chi connectivity index (χ0) is 15.6. The van der Waals surface area contributed by atoms with Crippen molar-refractivity contribution in [2.45, 2.75) is 13.5 Å². The van der Waals surface area contributed by atoms with E-state index < -0.39 is 0 Å². The van der Waals surface area contributed by atoms with Gasteiger partial charge in [0.05, 0.1) is 13.2 Å². The third-order valence-electron chi connectivity index (χ3n) is 2.94. The summed E-state index contributed by atoms with van der Waals surface area (Å²) in [6.45, 7) is 4.79. The molecule has 0 amide bonds. The van der Waals surface area contributed by atoms with Gasteiger partial charge in [-0.2, -0.15) is 0 Å². The smallest absolute Gasteiger partial charge is 0.191 e. The van der Waals surface area contributed by atoms with Crippen LogP contribution in [0, 0.1) is 0 Å². The summed E-state index contributed by atoms with van der Waals surface area (Å²) < 4.78 is 6.88. The quantitative estimate of drug-likeness (QED) is 0.453. The van der Waals surface area contributed by atoms with E-state index in [2.05, 4.69) is 25.6 Å². The Balaban J connectivity index is 1.94. The zero-order valence-corrected chi connectivity index (χ0v) is 13.0. The molecule has 118 valence electrons. The molecule has 2 heterocycles. The van der Waals surface area contributed by atoms with Gasteiger partial charge in [-0.1, -0.05) is 6.07 Å². The van der Waals surface area contributed by atoms with E-state index in [-0.39, 0.29) is 0 Å². The molecule has 0 aliphatic heterocycles. The van der Waals surface area contributed by atoms with Crippen LogP contribution in [0.25, 0.3) is 5.82 Å². The summed E-state index contributed by atoms with van der Waals surface area (Å²) in [4.78, 5) is 13.0. The van der Waals surface area contributed by atoms with Crippen LogP contribution in [0.3, 0.4) is 0 Å². The molecule has 0 bridgehead atoms. The molecule has 7 heteroatoms. The van der Waals surface area contributed by atoms with Crippen molar-refractivity contribution in [1.29, 1.82) is 0 Å². The van der Waals surface area contributed by atoms with Crippen LogP contribution in [0.4, 0.5) is 0 Å². The van der Waals surface area contributed by atoms with Gasteiger partial charge in [0.1, 0.15) is 12.1 Å². The van der Waals surface area contributed by atoms with E-state index >= 15 is 0 Å². The number of hydrogen-bond acceptors (Lipinski definition) is 4. The summed E-state index contributed by atoms with van der Waals surface area (Å²) in [5.41, 5.74) is 1.05. The molecular formula is C15H22N6O. The number of ether oxygens (including phenoxy) is 1. The van der Waals surface area contributed by atoms with E-state index in [0.29, 0.717) is 13.2 Å². The Labute approximate surface area is 130 Å². The van der Waals surface area contributed by atoms with E-state index in [9.17, 15) is 0 Å². The molecule has 2 aromatic rings. The average molecular weight is 302 g/mol. The fraction of sp³-hybridized carbons (Fsp3) is 0.400. The number of aliphatic imine (C=N–C) groups is 1. The summed E-state index contributed by atoms with van der Waals surface area (Å²) in [5.74, 6) is 1.62. The molecule has 0 aromatic carbocycles. The van der Waals surface area contributed by atoms with Crippen molar-refractivity contribution in [2.24, 2.45) is 4.99 Å². The van der Waals surface area contributed by atoms with Gasteiger partial charge in [0.2, 0.25) is 0 Å². The first kappa shape index (κ1) is 16.0. The van der Waals surface area contributed by atoms with Crippen LogP contribution in [-0.2, 0) is 11.3 Å². The van der Waals surface area contributed by atoms with Gasteiger partial charge in [0.25, 0.3) is 0 Å². The van der Waals surface area contributed by atoms with Crippen molar-refractivity contribution in [3.63, 3.8) is 0 Å². The molecule has 0 aliphatic carbocycles. The molecule has 0 saturated carbocycles. The van der Waals surface area contributed by atoms with Crippen molar-refractivity contribution in [3.05, 3.63) is 42.6 Å². The molecule has 22 heavy (non-hydrogen) atoms. The lowest BCUT2D eigenvalue weighted by Gasteiger charge is -2.10. The number of aromatic nitrogens is 3. The van der Waals surface area contributed by atoms with Crippen molar-refractivity contribution < 1.29 is 4.74 Å². The van der Waals surface area contributed by atoms with Gasteiger partial charge >= 0.3 is 0 Å². The molecule has 7 nitrogen and oxygen atoms in total. The molecule has 2 N–H and O–H groups in total. The van der Waals surface area contributed by atoms with Gasteiger partial charge in [-0.25, -0.2) is 15.0 Å². The second-order valence-electron chi connectivity index (χ2n) is 4.61. The van der Waals surface area contributed by atoms with Crippen LogP contribution in [0.1, 0.15) is 12.5 Å². The number of rotatable bonds is 7. The lowest BCUT2D eigenvalue weighted by atomic mass is 10.3. The highest BCUT2D eigenvalue weighted by Crippen LogP contribution is 2.06. The number of imidazole rings is 1. The molecule has 0 saturated heterocycles. The molecule has 2 rings (SSSR count). The lowest BCUT2D eigenvalue weighted by Crippen LogP contribution is -2.38. The van der Waals surface area contributed by atoms with Crippen molar-refractivity contribution in [3.8, 4) is 5.82 Å². The monoisotopic (exact) mass is 302 g/mol. The minimum Gasteiger partial charge on any atom is -0.383 e. The van der Waals surface area contributed by atoms with Crippen molar-refractivity contribution >= 4 is 5.96 Å². The Bertz CT molecular complexity index is 564. The molecule has 0 fully saturated rings. The number of guanidine groups is 1. The fourth-order valence-electron chi connectivity index (χ4n) is 1.84. The molecule has 0 radical (unpaired) electrons. The van der Waals surface area contributed by atoms with Crippen LogP contribution in [0.5, 0.6) is 0 Å². The van der Waals surface area contributed by atoms with Gasteiger partial charge in [0.15, 0.2) is 5.96 Å². The van der Waals surface area contributed by atoms with Crippen LogP contribution >= 0.6 is 0 Å². The van der Waals surface area contributed by atoms with Gasteiger partial charge in [-0.3, -0.25) is 4.57 Å². The molecule has 0 aliphatic rings. The summed E-state index contributed by atoms with van der Waals surface area (Å²) in [7, 11) is 1.68. The second-order valence-corrected chi connectivity index (χ2v) is 4.61. The second kappa shape index (κ2) is 8.78. The van der Waals surface area contributed by atoms with E-state index in [4.69, 9.17) is 4.74 Å². The summed E-state index contributed by atoms with van der Waals surface area (Å²) in [6.07, 6.45) is 7.15. The molecule has 2 aromatic heterocycles. The number of nitrogens with zero attached hydrogens (tertiary/aromatic N) is 4. The number of methoxy groups -OCH3 is 1. The largest absolute Gasteiger partial charge is 0.383 e. The highest BCUT2D eigenvalue weighted by Gasteiger charge is 1.99. The SMILES string of the molecule is CCNC(=NCc1ccc(-n2ccnc2)nc1)NCCOC. The Kier molecular flexibility index (Phi) is 6.38. The van der Waals surface area contributed by atoms with Gasteiger partial charge in [-0.15, -0.1) is 0 Å². The highest BCUT2D eigenvalue weighted by atomic mass is 16.5. The van der Waals surface area contributed by atoms with Crippen LogP contribution < -0.4 is 10.6 Å². The summed E-state index contributed by atoms with van der Waals surface area (Å²) in [5, 5.41) is 6.40. The van der Waals surface area contributed by atoms with Gasteiger partial charge in [-0.05, 0) is 18.6 Å². The van der Waals surface area contributed by atoms with Crippen molar-refractivity contribution in [1.82, 2.24) is 25.2 Å². The van der Waals surface area contributed by atoms with E-state index in [1.807, 2.05) is 36.0 Å². The normalized spacial score (nSPS) is 11.5. The van der Waals surface area contributed by atoms with Gasteiger partial charge in [0, 0.05) is 38.8 Å². The van der Waals surface area contributed by atoms with E-state index in [1.165, 1.54) is 0 Å². The Hall–Kier alpha value is -2.41. The molecule has 0 unspecified atom stereocenters. The first-order valence-electron chi connectivity index (χ1n) is 7.28. The minimum atomic E-state index is 0.569. The molecule has 0 spiro atoms. The van der Waals surface area contributed by atoms with E-state index in [1.54, 1.807) is 19.6 Å². The first-order chi connectivity index (χ1) is 10.8. The summed E-state index contributed by atoms with van der Waals surface area (Å²) in [6, 6.07) is 3.97. The van der Waals surface area contributed by atoms with E-state index in [0.717, 1.165) is 30.4 Å². The predicted octanol–water partition coefficient (Wildman–Crippen LogP) is 0.969.